The van der Waals surface area contributed by atoms with Crippen molar-refractivity contribution in [3.8, 4) is 11.5 Å². The Kier molecular flexibility index (Phi) is 6.07. The molecule has 7 heteroatoms. The average Bonchev–Trinajstić information content (AvgIpc) is 3.56. The van der Waals surface area contributed by atoms with Crippen molar-refractivity contribution in [1.82, 2.24) is 4.90 Å². The van der Waals surface area contributed by atoms with E-state index in [1.165, 1.54) is 11.2 Å². The summed E-state index contributed by atoms with van der Waals surface area (Å²) in [5.41, 5.74) is 2.14. The van der Waals surface area contributed by atoms with Crippen molar-refractivity contribution in [3.63, 3.8) is 0 Å². The maximum atomic E-state index is 13.3. The number of aliphatic hydroxyl groups is 1. The Morgan fingerprint density at radius 2 is 2.00 bits per heavy atom. The molecule has 5 rings (SSSR count). The second-order valence-corrected chi connectivity index (χ2v) is 8.88. The molecule has 1 N–H and O–H groups in total. The minimum atomic E-state index is -0.797. The van der Waals surface area contributed by atoms with E-state index in [-0.39, 0.29) is 24.0 Å². The van der Waals surface area contributed by atoms with Crippen LogP contribution in [0, 0.1) is 0 Å². The highest BCUT2D eigenvalue weighted by molar-refractivity contribution is 6.46. The lowest BCUT2D eigenvalue weighted by atomic mass is 9.94. The van der Waals surface area contributed by atoms with Crippen LogP contribution < -0.4 is 9.47 Å². The summed E-state index contributed by atoms with van der Waals surface area (Å²) in [6, 6.07) is 15.3. The van der Waals surface area contributed by atoms with E-state index < -0.39 is 17.7 Å². The van der Waals surface area contributed by atoms with Gasteiger partial charge in [0.1, 0.15) is 29.1 Å². The Hall–Kier alpha value is -4.00. The predicted octanol–water partition coefficient (Wildman–Crippen LogP) is 5.01. The Balaban J connectivity index is 1.61. The zero-order valence-corrected chi connectivity index (χ0v) is 19.7. The Labute approximate surface area is 203 Å². The number of carbonyl (C=O) groups excluding carboxylic acids is 2. The molecular formula is C28H27NO6. The number of ether oxygens (including phenoxy) is 2. The number of furan rings is 1. The third-order valence-electron chi connectivity index (χ3n) is 6.26. The van der Waals surface area contributed by atoms with Gasteiger partial charge in [-0.2, -0.15) is 0 Å². The van der Waals surface area contributed by atoms with E-state index in [1.807, 2.05) is 44.2 Å². The van der Waals surface area contributed by atoms with Gasteiger partial charge in [0.15, 0.2) is 0 Å². The van der Waals surface area contributed by atoms with Gasteiger partial charge in [0, 0.05) is 12.0 Å². The summed E-state index contributed by atoms with van der Waals surface area (Å²) in [5.74, 6) is 0.313. The van der Waals surface area contributed by atoms with E-state index in [9.17, 15) is 14.7 Å². The summed E-state index contributed by atoms with van der Waals surface area (Å²) in [7, 11) is 0. The highest BCUT2D eigenvalue weighted by Gasteiger charge is 2.46. The molecule has 0 radical (unpaired) electrons. The van der Waals surface area contributed by atoms with Gasteiger partial charge in [-0.3, -0.25) is 9.59 Å². The molecule has 2 unspecified atom stereocenters. The van der Waals surface area contributed by atoms with Crippen molar-refractivity contribution < 1.29 is 28.6 Å². The topological polar surface area (TPSA) is 89.2 Å². The maximum absolute atomic E-state index is 13.3. The Morgan fingerprint density at radius 3 is 2.77 bits per heavy atom. The maximum Gasteiger partial charge on any atom is 0.296 e. The van der Waals surface area contributed by atoms with Crippen molar-refractivity contribution >= 4 is 17.4 Å². The van der Waals surface area contributed by atoms with Crippen LogP contribution in [0.1, 0.15) is 48.8 Å². The van der Waals surface area contributed by atoms with Crippen molar-refractivity contribution in [2.45, 2.75) is 45.4 Å². The lowest BCUT2D eigenvalue weighted by molar-refractivity contribution is -0.140. The summed E-state index contributed by atoms with van der Waals surface area (Å²) in [6.45, 7) is 4.64. The van der Waals surface area contributed by atoms with Crippen LogP contribution in [0.4, 0.5) is 0 Å². The zero-order valence-electron chi connectivity index (χ0n) is 19.7. The molecule has 2 atom stereocenters. The van der Waals surface area contributed by atoms with Gasteiger partial charge < -0.3 is 23.9 Å². The highest BCUT2D eigenvalue weighted by atomic mass is 16.5. The van der Waals surface area contributed by atoms with Crippen LogP contribution in [-0.2, 0) is 22.6 Å². The van der Waals surface area contributed by atoms with Crippen LogP contribution in [-0.4, -0.2) is 34.4 Å². The number of hydrogen-bond donors (Lipinski definition) is 1. The van der Waals surface area contributed by atoms with E-state index in [2.05, 4.69) is 0 Å². The van der Waals surface area contributed by atoms with E-state index in [0.717, 1.165) is 17.7 Å². The van der Waals surface area contributed by atoms with E-state index >= 15 is 0 Å². The highest BCUT2D eigenvalue weighted by Crippen LogP contribution is 2.42. The second kappa shape index (κ2) is 9.33. The molecule has 0 saturated carbocycles. The fourth-order valence-corrected chi connectivity index (χ4v) is 4.68. The molecule has 180 valence electrons. The minimum Gasteiger partial charge on any atom is -0.507 e. The number of ketones is 1. The number of aliphatic hydroxyl groups excluding tert-OH is 1. The molecular weight excluding hydrogens is 446 g/mol. The largest absolute Gasteiger partial charge is 0.507 e. The normalized spacial score (nSPS) is 20.7. The molecule has 3 aromatic rings. The molecule has 3 heterocycles. The Bertz CT molecular complexity index is 1290. The second-order valence-electron chi connectivity index (χ2n) is 8.88. The number of Topliss-reactive ketones (excluding diaryl/α,β-unsaturated/α-hetero) is 1. The van der Waals surface area contributed by atoms with Gasteiger partial charge in [-0.15, -0.1) is 0 Å². The lowest BCUT2D eigenvalue weighted by Gasteiger charge is -2.25. The van der Waals surface area contributed by atoms with Crippen molar-refractivity contribution in [3.05, 3.63) is 88.9 Å². The predicted molar refractivity (Wildman–Crippen MR) is 129 cm³/mol. The van der Waals surface area contributed by atoms with E-state index in [0.29, 0.717) is 35.7 Å². The number of rotatable bonds is 7. The number of nitrogens with zero attached hydrogens (tertiary/aromatic N) is 1. The number of benzene rings is 2. The number of fused-ring (bicyclic) bond motifs is 1. The van der Waals surface area contributed by atoms with Crippen LogP contribution in [0.25, 0.3) is 5.76 Å². The SMILES string of the molecule is CCCOc1cccc(C2C(=C(O)c3ccc4c(c3)CC(C)O4)C(=O)C(=O)N2Cc2ccco2)c1. The summed E-state index contributed by atoms with van der Waals surface area (Å²) < 4.78 is 17.0. The molecule has 1 saturated heterocycles. The van der Waals surface area contributed by atoms with Crippen LogP contribution in [0.5, 0.6) is 11.5 Å². The molecule has 1 fully saturated rings. The summed E-state index contributed by atoms with van der Waals surface area (Å²) >= 11 is 0. The number of hydrogen-bond acceptors (Lipinski definition) is 6. The first kappa shape index (κ1) is 22.8. The van der Waals surface area contributed by atoms with E-state index in [4.69, 9.17) is 13.9 Å². The number of carbonyl (C=O) groups is 2. The average molecular weight is 474 g/mol. The molecule has 2 aliphatic rings. The molecule has 35 heavy (non-hydrogen) atoms. The van der Waals surface area contributed by atoms with Gasteiger partial charge in [-0.1, -0.05) is 19.1 Å². The fourth-order valence-electron chi connectivity index (χ4n) is 4.68. The molecule has 7 nitrogen and oxygen atoms in total. The van der Waals surface area contributed by atoms with Gasteiger partial charge >= 0.3 is 0 Å². The standard InChI is InChI=1S/C28H27NO6/c1-3-11-33-21-7-4-6-18(15-21)25-24(27(31)28(32)29(25)16-22-8-5-12-34-22)26(30)19-9-10-23-20(14-19)13-17(2)35-23/h4-10,12,14-15,17,25,30H,3,11,13,16H2,1-2H3. The lowest BCUT2D eigenvalue weighted by Crippen LogP contribution is -2.29. The van der Waals surface area contributed by atoms with Crippen molar-refractivity contribution in [1.29, 1.82) is 0 Å². The van der Waals surface area contributed by atoms with Crippen molar-refractivity contribution in [2.75, 3.05) is 6.61 Å². The van der Waals surface area contributed by atoms with Crippen molar-refractivity contribution in [2.24, 2.45) is 0 Å². The molecule has 2 aliphatic heterocycles. The van der Waals surface area contributed by atoms with Gasteiger partial charge in [-0.05, 0) is 66.9 Å². The molecule has 0 aliphatic carbocycles. The molecule has 0 bridgehead atoms. The van der Waals surface area contributed by atoms with Crippen LogP contribution in [0.3, 0.4) is 0 Å². The van der Waals surface area contributed by atoms with Crippen LogP contribution in [0.15, 0.2) is 70.9 Å². The zero-order chi connectivity index (χ0) is 24.5. The van der Waals surface area contributed by atoms with Gasteiger partial charge in [0.05, 0.1) is 31.0 Å². The third kappa shape index (κ3) is 4.30. The van der Waals surface area contributed by atoms with Crippen LogP contribution >= 0.6 is 0 Å². The molecule has 1 amide bonds. The monoisotopic (exact) mass is 473 g/mol. The van der Waals surface area contributed by atoms with Gasteiger partial charge in [0.2, 0.25) is 0 Å². The minimum absolute atomic E-state index is 0.0427. The number of amides is 1. The van der Waals surface area contributed by atoms with Gasteiger partial charge in [-0.25, -0.2) is 0 Å². The molecule has 2 aromatic carbocycles. The Morgan fingerprint density at radius 1 is 1.14 bits per heavy atom. The number of likely N-dealkylation sites (tertiary alicyclic amines) is 1. The smallest absolute Gasteiger partial charge is 0.296 e. The fraction of sp³-hybridized carbons (Fsp3) is 0.286. The summed E-state index contributed by atoms with van der Waals surface area (Å²) in [4.78, 5) is 27.9. The molecule has 0 spiro atoms. The first-order valence-corrected chi connectivity index (χ1v) is 11.8. The quantitative estimate of drug-likeness (QED) is 0.295. The summed E-state index contributed by atoms with van der Waals surface area (Å²) in [6.07, 6.45) is 3.13. The van der Waals surface area contributed by atoms with Gasteiger partial charge in [0.25, 0.3) is 11.7 Å². The molecule has 1 aromatic heterocycles. The van der Waals surface area contributed by atoms with E-state index in [1.54, 1.807) is 24.3 Å². The summed E-state index contributed by atoms with van der Waals surface area (Å²) in [5, 5.41) is 11.4. The first-order chi connectivity index (χ1) is 17.0. The van der Waals surface area contributed by atoms with Crippen LogP contribution in [0.2, 0.25) is 0 Å². The third-order valence-corrected chi connectivity index (χ3v) is 6.26. The first-order valence-electron chi connectivity index (χ1n) is 11.8.